The quantitative estimate of drug-likeness (QED) is 0.510. The van der Waals surface area contributed by atoms with E-state index in [1.807, 2.05) is 6.08 Å². The molecule has 0 saturated heterocycles. The third kappa shape index (κ3) is 3.22. The maximum absolute atomic E-state index is 11.3. The van der Waals surface area contributed by atoms with Crippen LogP contribution in [0.3, 0.4) is 0 Å². The van der Waals surface area contributed by atoms with Gasteiger partial charge in [0.1, 0.15) is 6.42 Å². The number of hydrogen-bond donors (Lipinski definition) is 0. The van der Waals surface area contributed by atoms with Crippen LogP contribution in [0.15, 0.2) is 11.0 Å². The molecule has 0 unspecified atom stereocenters. The molecule has 4 heteroatoms. The van der Waals surface area contributed by atoms with Crippen LogP contribution in [0.2, 0.25) is 0 Å². The molecule has 13 heavy (non-hydrogen) atoms. The lowest BCUT2D eigenvalue weighted by atomic mass is 10.2. The van der Waals surface area contributed by atoms with E-state index in [1.54, 1.807) is 6.92 Å². The molecule has 1 heterocycles. The van der Waals surface area contributed by atoms with Crippen molar-refractivity contribution in [3.63, 3.8) is 0 Å². The molecular weight excluding hydrogens is 188 g/mol. The minimum atomic E-state index is -0.430. The van der Waals surface area contributed by atoms with Crippen LogP contribution in [0.4, 0.5) is 0 Å². The van der Waals surface area contributed by atoms with Crippen LogP contribution in [0.25, 0.3) is 0 Å². The largest absolute Gasteiger partial charge is 0.466 e. The molecule has 0 aromatic heterocycles. The molecule has 0 amide bonds. The fraction of sp³-hybridized carbons (Fsp3) is 0.556. The molecule has 0 atom stereocenters. The van der Waals surface area contributed by atoms with Gasteiger partial charge < -0.3 is 4.74 Å². The van der Waals surface area contributed by atoms with Crippen LogP contribution >= 0.6 is 11.8 Å². The van der Waals surface area contributed by atoms with E-state index in [2.05, 4.69) is 4.74 Å². The van der Waals surface area contributed by atoms with Crippen molar-refractivity contribution in [2.24, 2.45) is 0 Å². The van der Waals surface area contributed by atoms with Crippen LogP contribution in [-0.2, 0) is 14.3 Å². The van der Waals surface area contributed by atoms with Gasteiger partial charge in [-0.1, -0.05) is 6.08 Å². The number of carbonyl (C=O) groups is 2. The first-order valence-electron chi connectivity index (χ1n) is 4.25. The highest BCUT2D eigenvalue weighted by atomic mass is 32.2. The Kier molecular flexibility index (Phi) is 4.02. The van der Waals surface area contributed by atoms with Crippen LogP contribution in [0.5, 0.6) is 0 Å². The predicted molar refractivity (Wildman–Crippen MR) is 51.4 cm³/mol. The van der Waals surface area contributed by atoms with Crippen molar-refractivity contribution in [1.29, 1.82) is 0 Å². The van der Waals surface area contributed by atoms with Crippen LogP contribution in [0, 0.1) is 0 Å². The van der Waals surface area contributed by atoms with Gasteiger partial charge in [0.25, 0.3) is 0 Å². The number of ketones is 1. The Bertz CT molecular complexity index is 245. The minimum Gasteiger partial charge on any atom is -0.466 e. The van der Waals surface area contributed by atoms with Crippen molar-refractivity contribution in [2.45, 2.75) is 19.8 Å². The maximum atomic E-state index is 11.3. The molecule has 0 spiro atoms. The minimum absolute atomic E-state index is 0.110. The van der Waals surface area contributed by atoms with Gasteiger partial charge in [0.2, 0.25) is 0 Å². The molecule has 3 nitrogen and oxygen atoms in total. The fourth-order valence-electron chi connectivity index (χ4n) is 1.04. The molecule has 0 saturated carbocycles. The lowest BCUT2D eigenvalue weighted by Gasteiger charge is -2.00. The monoisotopic (exact) mass is 200 g/mol. The average molecular weight is 200 g/mol. The average Bonchev–Trinajstić information content (AvgIpc) is 2.55. The standard InChI is InChI=1S/C9H12O3S/c1-2-12-9(11)6-7(10)8-4-3-5-13-8/h4H,2-3,5-6H2,1H3. The molecule has 0 radical (unpaired) electrons. The van der Waals surface area contributed by atoms with Gasteiger partial charge in [-0.2, -0.15) is 0 Å². The second-order valence-corrected chi connectivity index (χ2v) is 3.75. The van der Waals surface area contributed by atoms with Crippen molar-refractivity contribution in [2.75, 3.05) is 12.4 Å². The van der Waals surface area contributed by atoms with E-state index in [9.17, 15) is 9.59 Å². The highest BCUT2D eigenvalue weighted by Gasteiger charge is 2.17. The first-order chi connectivity index (χ1) is 6.24. The van der Waals surface area contributed by atoms with E-state index in [1.165, 1.54) is 11.8 Å². The molecule has 0 aliphatic carbocycles. The van der Waals surface area contributed by atoms with Gasteiger partial charge in [-0.15, -0.1) is 11.8 Å². The molecule has 1 rings (SSSR count). The third-order valence-corrected chi connectivity index (χ3v) is 2.74. The van der Waals surface area contributed by atoms with Crippen molar-refractivity contribution in [1.82, 2.24) is 0 Å². The topological polar surface area (TPSA) is 43.4 Å². The Morgan fingerprint density at radius 3 is 2.92 bits per heavy atom. The van der Waals surface area contributed by atoms with E-state index in [4.69, 9.17) is 0 Å². The van der Waals surface area contributed by atoms with Crippen LogP contribution in [0.1, 0.15) is 19.8 Å². The van der Waals surface area contributed by atoms with E-state index in [0.29, 0.717) is 11.5 Å². The molecule has 0 fully saturated rings. The second-order valence-electron chi connectivity index (χ2n) is 2.61. The Balaban J connectivity index is 2.36. The number of esters is 1. The molecule has 0 N–H and O–H groups in total. The molecule has 1 aliphatic rings. The molecule has 0 aromatic carbocycles. The van der Waals surface area contributed by atoms with Crippen molar-refractivity contribution >= 4 is 23.5 Å². The Hall–Kier alpha value is -0.770. The lowest BCUT2D eigenvalue weighted by Crippen LogP contribution is -2.11. The Morgan fingerprint density at radius 2 is 2.38 bits per heavy atom. The lowest BCUT2D eigenvalue weighted by molar-refractivity contribution is -0.144. The van der Waals surface area contributed by atoms with E-state index >= 15 is 0 Å². The number of allylic oxidation sites excluding steroid dienone is 2. The van der Waals surface area contributed by atoms with Crippen molar-refractivity contribution in [3.05, 3.63) is 11.0 Å². The summed E-state index contributed by atoms with van der Waals surface area (Å²) in [6.45, 7) is 2.06. The van der Waals surface area contributed by atoms with Gasteiger partial charge in [0.15, 0.2) is 5.78 Å². The van der Waals surface area contributed by atoms with E-state index in [-0.39, 0.29) is 12.2 Å². The summed E-state index contributed by atoms with van der Waals surface area (Å²) in [7, 11) is 0. The van der Waals surface area contributed by atoms with Crippen LogP contribution < -0.4 is 0 Å². The summed E-state index contributed by atoms with van der Waals surface area (Å²) in [4.78, 5) is 23.0. The number of thioether (sulfide) groups is 1. The van der Waals surface area contributed by atoms with E-state index in [0.717, 1.165) is 12.2 Å². The zero-order valence-electron chi connectivity index (χ0n) is 7.54. The summed E-state index contributed by atoms with van der Waals surface area (Å²) >= 11 is 1.51. The van der Waals surface area contributed by atoms with Crippen molar-refractivity contribution in [3.8, 4) is 0 Å². The van der Waals surface area contributed by atoms with Gasteiger partial charge in [-0.3, -0.25) is 9.59 Å². The van der Waals surface area contributed by atoms with Gasteiger partial charge in [0, 0.05) is 10.7 Å². The van der Waals surface area contributed by atoms with Crippen molar-refractivity contribution < 1.29 is 14.3 Å². The smallest absolute Gasteiger partial charge is 0.313 e. The van der Waals surface area contributed by atoms with Gasteiger partial charge in [-0.05, 0) is 13.3 Å². The fourth-order valence-corrected chi connectivity index (χ4v) is 1.97. The zero-order chi connectivity index (χ0) is 9.68. The number of Topliss-reactive ketones (excluding diaryl/α,β-unsaturated/α-hetero) is 1. The third-order valence-electron chi connectivity index (χ3n) is 1.59. The summed E-state index contributed by atoms with van der Waals surface area (Å²) < 4.78 is 4.68. The summed E-state index contributed by atoms with van der Waals surface area (Å²) in [5.74, 6) is 0.408. The normalized spacial score (nSPS) is 15.3. The summed E-state index contributed by atoms with van der Waals surface area (Å²) in [5.41, 5.74) is 0. The zero-order valence-corrected chi connectivity index (χ0v) is 8.36. The second kappa shape index (κ2) is 5.07. The SMILES string of the molecule is CCOC(=O)CC(=O)C1=CCCS1. The van der Waals surface area contributed by atoms with Gasteiger partial charge in [0.05, 0.1) is 6.61 Å². The summed E-state index contributed by atoms with van der Waals surface area (Å²) in [5, 5.41) is 0. The highest BCUT2D eigenvalue weighted by Crippen LogP contribution is 2.26. The number of rotatable bonds is 4. The maximum Gasteiger partial charge on any atom is 0.313 e. The Morgan fingerprint density at radius 1 is 1.62 bits per heavy atom. The predicted octanol–water partition coefficient (Wildman–Crippen LogP) is 1.53. The highest BCUT2D eigenvalue weighted by molar-refractivity contribution is 8.04. The molecule has 0 bridgehead atoms. The first-order valence-corrected chi connectivity index (χ1v) is 5.24. The summed E-state index contributed by atoms with van der Waals surface area (Å²) in [6.07, 6.45) is 2.69. The molecule has 72 valence electrons. The summed E-state index contributed by atoms with van der Waals surface area (Å²) in [6, 6.07) is 0. The number of ether oxygens (including phenoxy) is 1. The first kappa shape index (κ1) is 10.3. The molecule has 0 aromatic rings. The van der Waals surface area contributed by atoms with Gasteiger partial charge >= 0.3 is 5.97 Å². The molecule has 1 aliphatic heterocycles. The van der Waals surface area contributed by atoms with E-state index < -0.39 is 5.97 Å². The Labute approximate surface area is 81.5 Å². The number of hydrogen-bond acceptors (Lipinski definition) is 4. The van der Waals surface area contributed by atoms with Crippen LogP contribution in [-0.4, -0.2) is 24.1 Å². The number of carbonyl (C=O) groups excluding carboxylic acids is 2. The van der Waals surface area contributed by atoms with Gasteiger partial charge in [-0.25, -0.2) is 0 Å². The molecular formula is C9H12O3S.